The van der Waals surface area contributed by atoms with E-state index >= 15 is 0 Å². The van der Waals surface area contributed by atoms with Crippen LogP contribution in [-0.4, -0.2) is 32.6 Å². The summed E-state index contributed by atoms with van der Waals surface area (Å²) in [5.41, 5.74) is 1.71. The average molecular weight is 345 g/mol. The van der Waals surface area contributed by atoms with E-state index in [1.807, 2.05) is 49.4 Å². The van der Waals surface area contributed by atoms with Crippen molar-refractivity contribution in [1.29, 1.82) is 0 Å². The van der Waals surface area contributed by atoms with Gasteiger partial charge >= 0.3 is 0 Å². The molecule has 1 atom stereocenters. The van der Waals surface area contributed by atoms with E-state index in [1.54, 1.807) is 12.1 Å². The van der Waals surface area contributed by atoms with E-state index in [9.17, 15) is 8.42 Å². The van der Waals surface area contributed by atoms with Crippen LogP contribution in [0.15, 0.2) is 64.5 Å². The molecule has 0 heterocycles. The highest BCUT2D eigenvalue weighted by atomic mass is 32.2. The standard InChI is InChI=1S/C19H23NO3S/c1-19(20-14-15-21,17-6-4-3-5-7-17)13-12-16-8-10-18(11-9-16)24(2,22)23/h3-11,14,21H,12-13,15H2,1-2H3. The molecule has 0 aromatic heterocycles. The van der Waals surface area contributed by atoms with Crippen LogP contribution < -0.4 is 0 Å². The van der Waals surface area contributed by atoms with Gasteiger partial charge in [-0.3, -0.25) is 4.99 Å². The van der Waals surface area contributed by atoms with Gasteiger partial charge in [0.2, 0.25) is 0 Å². The normalized spacial score (nSPS) is 14.6. The van der Waals surface area contributed by atoms with Crippen molar-refractivity contribution in [3.63, 3.8) is 0 Å². The Balaban J connectivity index is 2.18. The SMILES string of the molecule is CC(CCc1ccc(S(C)(=O)=O)cc1)(N=CCO)c1ccccc1. The molecule has 0 radical (unpaired) electrons. The van der Waals surface area contributed by atoms with Gasteiger partial charge in [0, 0.05) is 12.5 Å². The number of sulfone groups is 1. The number of aliphatic hydroxyl groups excluding tert-OH is 1. The molecule has 128 valence electrons. The van der Waals surface area contributed by atoms with Gasteiger partial charge in [-0.25, -0.2) is 8.42 Å². The molecule has 2 rings (SSSR count). The number of aliphatic hydroxyl groups is 1. The molecule has 2 aromatic carbocycles. The Bertz CT molecular complexity index is 783. The van der Waals surface area contributed by atoms with Gasteiger partial charge in [0.1, 0.15) is 0 Å². The second-order valence-corrected chi connectivity index (χ2v) is 8.07. The molecular weight excluding hydrogens is 322 g/mol. The van der Waals surface area contributed by atoms with Crippen molar-refractivity contribution in [2.45, 2.75) is 30.2 Å². The lowest BCUT2D eigenvalue weighted by Gasteiger charge is -2.26. The number of hydrogen-bond donors (Lipinski definition) is 1. The molecule has 0 aliphatic heterocycles. The van der Waals surface area contributed by atoms with Crippen LogP contribution in [-0.2, 0) is 21.8 Å². The van der Waals surface area contributed by atoms with Crippen molar-refractivity contribution in [3.05, 3.63) is 65.7 Å². The summed E-state index contributed by atoms with van der Waals surface area (Å²) in [6.45, 7) is 1.95. The molecule has 0 saturated carbocycles. The minimum atomic E-state index is -3.17. The quantitative estimate of drug-likeness (QED) is 0.785. The van der Waals surface area contributed by atoms with Crippen LogP contribution >= 0.6 is 0 Å². The van der Waals surface area contributed by atoms with Crippen LogP contribution in [0.25, 0.3) is 0 Å². The molecule has 0 aliphatic rings. The molecule has 0 bridgehead atoms. The summed E-state index contributed by atoms with van der Waals surface area (Å²) < 4.78 is 23.0. The van der Waals surface area contributed by atoms with E-state index in [0.717, 1.165) is 24.0 Å². The first-order chi connectivity index (χ1) is 11.3. The summed E-state index contributed by atoms with van der Waals surface area (Å²) >= 11 is 0. The number of aryl methyl sites for hydroxylation is 1. The first kappa shape index (κ1) is 18.4. The maximum Gasteiger partial charge on any atom is 0.175 e. The van der Waals surface area contributed by atoms with E-state index in [4.69, 9.17) is 5.11 Å². The Morgan fingerprint density at radius 3 is 2.25 bits per heavy atom. The molecule has 0 spiro atoms. The minimum Gasteiger partial charge on any atom is -0.391 e. The van der Waals surface area contributed by atoms with Crippen LogP contribution in [0.1, 0.15) is 24.5 Å². The van der Waals surface area contributed by atoms with Gasteiger partial charge in [0.15, 0.2) is 9.84 Å². The predicted octanol–water partition coefficient (Wildman–Crippen LogP) is 3.00. The molecule has 4 nitrogen and oxygen atoms in total. The van der Waals surface area contributed by atoms with Crippen molar-refractivity contribution in [2.75, 3.05) is 12.9 Å². The monoisotopic (exact) mass is 345 g/mol. The highest BCUT2D eigenvalue weighted by molar-refractivity contribution is 7.90. The Morgan fingerprint density at radius 1 is 1.08 bits per heavy atom. The van der Waals surface area contributed by atoms with Crippen molar-refractivity contribution in [1.82, 2.24) is 0 Å². The fraction of sp³-hybridized carbons (Fsp3) is 0.316. The van der Waals surface area contributed by atoms with Crippen LogP contribution in [0.3, 0.4) is 0 Å². The first-order valence-electron chi connectivity index (χ1n) is 7.84. The lowest BCUT2D eigenvalue weighted by Crippen LogP contribution is -2.21. The molecule has 0 fully saturated rings. The second-order valence-electron chi connectivity index (χ2n) is 6.05. The van der Waals surface area contributed by atoms with Crippen molar-refractivity contribution in [3.8, 4) is 0 Å². The number of rotatable bonds is 7. The summed E-state index contributed by atoms with van der Waals surface area (Å²) in [5, 5.41) is 9.06. The van der Waals surface area contributed by atoms with E-state index in [2.05, 4.69) is 4.99 Å². The highest BCUT2D eigenvalue weighted by Gasteiger charge is 2.24. The van der Waals surface area contributed by atoms with Gasteiger partial charge in [-0.15, -0.1) is 0 Å². The van der Waals surface area contributed by atoms with E-state index < -0.39 is 15.4 Å². The predicted molar refractivity (Wildman–Crippen MR) is 97.2 cm³/mol. The lowest BCUT2D eigenvalue weighted by molar-refractivity contribution is 0.357. The summed E-state index contributed by atoms with van der Waals surface area (Å²) in [5.74, 6) is 0. The summed E-state index contributed by atoms with van der Waals surface area (Å²) in [6, 6.07) is 16.9. The summed E-state index contributed by atoms with van der Waals surface area (Å²) in [4.78, 5) is 4.87. The summed E-state index contributed by atoms with van der Waals surface area (Å²) in [6.07, 6.45) is 4.25. The number of aliphatic imine (C=N–C) groups is 1. The Hall–Kier alpha value is -1.98. The van der Waals surface area contributed by atoms with Crippen molar-refractivity contribution >= 4 is 16.1 Å². The van der Waals surface area contributed by atoms with Crippen LogP contribution in [0.4, 0.5) is 0 Å². The Kier molecular flexibility index (Phi) is 5.91. The van der Waals surface area contributed by atoms with Crippen LogP contribution in [0.5, 0.6) is 0 Å². The van der Waals surface area contributed by atoms with E-state index in [-0.39, 0.29) is 6.61 Å². The molecule has 24 heavy (non-hydrogen) atoms. The maximum atomic E-state index is 11.5. The van der Waals surface area contributed by atoms with Gasteiger partial charge < -0.3 is 5.11 Å². The smallest absolute Gasteiger partial charge is 0.175 e. The summed E-state index contributed by atoms with van der Waals surface area (Å²) in [7, 11) is -3.17. The molecule has 1 unspecified atom stereocenters. The van der Waals surface area contributed by atoms with Crippen molar-refractivity contribution in [2.24, 2.45) is 4.99 Å². The van der Waals surface area contributed by atoms with Gasteiger partial charge in [0.05, 0.1) is 17.0 Å². The van der Waals surface area contributed by atoms with Crippen LogP contribution in [0.2, 0.25) is 0 Å². The topological polar surface area (TPSA) is 66.7 Å². The molecule has 0 saturated heterocycles. The zero-order valence-corrected chi connectivity index (χ0v) is 14.8. The number of nitrogens with zero attached hydrogens (tertiary/aromatic N) is 1. The molecular formula is C19H23NO3S. The van der Waals surface area contributed by atoms with E-state index in [1.165, 1.54) is 12.5 Å². The second kappa shape index (κ2) is 7.73. The number of benzene rings is 2. The van der Waals surface area contributed by atoms with Gasteiger partial charge in [-0.1, -0.05) is 42.5 Å². The third-order valence-electron chi connectivity index (χ3n) is 4.11. The molecule has 0 aliphatic carbocycles. The maximum absolute atomic E-state index is 11.5. The Labute approximate surface area is 143 Å². The third kappa shape index (κ3) is 4.76. The molecule has 2 aromatic rings. The minimum absolute atomic E-state index is 0.0918. The van der Waals surface area contributed by atoms with E-state index in [0.29, 0.717) is 4.90 Å². The highest BCUT2D eigenvalue weighted by Crippen LogP contribution is 2.30. The average Bonchev–Trinajstić information content (AvgIpc) is 2.58. The van der Waals surface area contributed by atoms with Gasteiger partial charge in [0.25, 0.3) is 0 Å². The number of hydrogen-bond acceptors (Lipinski definition) is 4. The van der Waals surface area contributed by atoms with Gasteiger partial charge in [-0.2, -0.15) is 0 Å². The first-order valence-corrected chi connectivity index (χ1v) is 9.73. The molecule has 1 N–H and O–H groups in total. The van der Waals surface area contributed by atoms with Crippen molar-refractivity contribution < 1.29 is 13.5 Å². The fourth-order valence-corrected chi connectivity index (χ4v) is 3.24. The van der Waals surface area contributed by atoms with Gasteiger partial charge in [-0.05, 0) is 43.0 Å². The zero-order valence-electron chi connectivity index (χ0n) is 14.0. The Morgan fingerprint density at radius 2 is 1.71 bits per heavy atom. The third-order valence-corrected chi connectivity index (χ3v) is 5.23. The fourth-order valence-electron chi connectivity index (χ4n) is 2.61. The molecule has 0 amide bonds. The largest absolute Gasteiger partial charge is 0.391 e. The lowest BCUT2D eigenvalue weighted by atomic mass is 9.86. The van der Waals surface area contributed by atoms with Crippen LogP contribution in [0, 0.1) is 0 Å². The molecule has 5 heteroatoms. The zero-order chi connectivity index (χ0) is 17.6.